The molecule has 2 aliphatic rings. The first-order valence-corrected chi connectivity index (χ1v) is 9.56. The Bertz CT molecular complexity index is 708. The van der Waals surface area contributed by atoms with E-state index >= 15 is 0 Å². The number of pyridine rings is 1. The summed E-state index contributed by atoms with van der Waals surface area (Å²) in [4.78, 5) is 9.38. The number of likely N-dealkylation sites (N-methyl/N-ethyl adjacent to an activating group) is 1. The topological polar surface area (TPSA) is 46.4 Å². The van der Waals surface area contributed by atoms with Crippen molar-refractivity contribution in [1.29, 1.82) is 0 Å². The Morgan fingerprint density at radius 1 is 1.31 bits per heavy atom. The highest BCUT2D eigenvalue weighted by Gasteiger charge is 2.43. The van der Waals surface area contributed by atoms with Gasteiger partial charge >= 0.3 is 0 Å². The van der Waals surface area contributed by atoms with Gasteiger partial charge in [-0.25, -0.2) is 0 Å². The van der Waals surface area contributed by atoms with Gasteiger partial charge in [0.1, 0.15) is 0 Å². The Morgan fingerprint density at radius 3 is 2.85 bits per heavy atom. The number of hydrogen-bond acceptors (Lipinski definition) is 5. The van der Waals surface area contributed by atoms with Crippen molar-refractivity contribution in [1.82, 2.24) is 24.6 Å². The van der Waals surface area contributed by atoms with Crippen molar-refractivity contribution in [2.24, 2.45) is 7.05 Å². The lowest BCUT2D eigenvalue weighted by Gasteiger charge is -2.38. The highest BCUT2D eigenvalue weighted by atomic mass is 16.5. The van der Waals surface area contributed by atoms with Crippen molar-refractivity contribution in [3.63, 3.8) is 0 Å². The minimum atomic E-state index is 0.0779. The van der Waals surface area contributed by atoms with E-state index in [2.05, 4.69) is 45.3 Å². The van der Waals surface area contributed by atoms with Gasteiger partial charge in [0.15, 0.2) is 0 Å². The first kappa shape index (κ1) is 17.6. The SMILES string of the molecule is CN(Cc1ccccn1)[C@H]1COC2(CCN(Cc3cnn(C)c3)CC2)C1. The molecule has 0 radical (unpaired) electrons. The van der Waals surface area contributed by atoms with Gasteiger partial charge in [0.05, 0.1) is 24.1 Å². The zero-order valence-corrected chi connectivity index (χ0v) is 15.8. The molecular weight excluding hydrogens is 326 g/mol. The molecule has 0 saturated carbocycles. The van der Waals surface area contributed by atoms with Gasteiger partial charge in [-0.05, 0) is 38.4 Å². The van der Waals surface area contributed by atoms with Crippen molar-refractivity contribution in [3.8, 4) is 0 Å². The summed E-state index contributed by atoms with van der Waals surface area (Å²) in [5.41, 5.74) is 2.50. The molecule has 6 nitrogen and oxygen atoms in total. The number of hydrogen-bond donors (Lipinski definition) is 0. The van der Waals surface area contributed by atoms with E-state index in [1.165, 1.54) is 5.56 Å². The van der Waals surface area contributed by atoms with E-state index in [1.807, 2.05) is 30.2 Å². The smallest absolute Gasteiger partial charge is 0.0723 e. The lowest BCUT2D eigenvalue weighted by atomic mass is 9.87. The summed E-state index contributed by atoms with van der Waals surface area (Å²) in [5.74, 6) is 0. The normalized spacial score (nSPS) is 23.1. The van der Waals surface area contributed by atoms with E-state index in [0.29, 0.717) is 6.04 Å². The van der Waals surface area contributed by atoms with Gasteiger partial charge in [-0.1, -0.05) is 6.07 Å². The number of ether oxygens (including phenoxy) is 1. The third kappa shape index (κ3) is 3.98. The zero-order chi connectivity index (χ0) is 18.0. The molecule has 140 valence electrons. The average Bonchev–Trinajstić information content (AvgIpc) is 3.25. The van der Waals surface area contributed by atoms with Crippen LogP contribution in [0.5, 0.6) is 0 Å². The predicted octanol–water partition coefficient (Wildman–Crippen LogP) is 2.07. The van der Waals surface area contributed by atoms with Gasteiger partial charge in [-0.2, -0.15) is 5.10 Å². The molecule has 2 aromatic heterocycles. The zero-order valence-electron chi connectivity index (χ0n) is 15.8. The second-order valence-corrected chi connectivity index (χ2v) is 7.89. The maximum absolute atomic E-state index is 6.35. The summed E-state index contributed by atoms with van der Waals surface area (Å²) >= 11 is 0. The molecule has 2 saturated heterocycles. The van der Waals surface area contributed by atoms with Crippen molar-refractivity contribution in [3.05, 3.63) is 48.0 Å². The monoisotopic (exact) mass is 355 g/mol. The van der Waals surface area contributed by atoms with Crippen LogP contribution in [0.4, 0.5) is 0 Å². The van der Waals surface area contributed by atoms with E-state index in [-0.39, 0.29) is 5.60 Å². The van der Waals surface area contributed by atoms with E-state index in [1.54, 1.807) is 0 Å². The fraction of sp³-hybridized carbons (Fsp3) is 0.600. The molecule has 1 atom stereocenters. The first-order chi connectivity index (χ1) is 12.6. The Balaban J connectivity index is 1.28. The lowest BCUT2D eigenvalue weighted by Crippen LogP contribution is -2.44. The van der Waals surface area contributed by atoms with Crippen LogP contribution in [0.15, 0.2) is 36.8 Å². The number of aryl methyl sites for hydroxylation is 1. The third-order valence-electron chi connectivity index (χ3n) is 5.88. The molecule has 2 fully saturated rings. The lowest BCUT2D eigenvalue weighted by molar-refractivity contribution is -0.0452. The number of aromatic nitrogens is 3. The second-order valence-electron chi connectivity index (χ2n) is 7.89. The molecule has 0 amide bonds. The molecule has 26 heavy (non-hydrogen) atoms. The van der Waals surface area contributed by atoms with Crippen molar-refractivity contribution in [2.75, 3.05) is 26.7 Å². The number of likely N-dealkylation sites (tertiary alicyclic amines) is 1. The van der Waals surface area contributed by atoms with Gasteiger partial charge < -0.3 is 4.74 Å². The van der Waals surface area contributed by atoms with Crippen LogP contribution >= 0.6 is 0 Å². The maximum Gasteiger partial charge on any atom is 0.0723 e. The minimum absolute atomic E-state index is 0.0779. The van der Waals surface area contributed by atoms with Gasteiger partial charge in [-0.3, -0.25) is 19.5 Å². The molecule has 0 aromatic carbocycles. The van der Waals surface area contributed by atoms with Crippen molar-refractivity contribution < 1.29 is 4.74 Å². The van der Waals surface area contributed by atoms with E-state index in [4.69, 9.17) is 4.74 Å². The van der Waals surface area contributed by atoms with Crippen LogP contribution in [0, 0.1) is 0 Å². The Kier molecular flexibility index (Phi) is 5.07. The standard InChI is InChI=1S/C20H29N5O/c1-23(15-18-5-3-4-8-21-18)19-11-20(26-16-19)6-9-25(10-7-20)14-17-12-22-24(2)13-17/h3-5,8,12-13,19H,6-7,9-11,14-16H2,1-2H3/t19-/m1/s1. The Hall–Kier alpha value is -1.76. The third-order valence-corrected chi connectivity index (χ3v) is 5.88. The van der Waals surface area contributed by atoms with Gasteiger partial charge in [-0.15, -0.1) is 0 Å². The van der Waals surface area contributed by atoms with E-state index in [0.717, 1.165) is 57.7 Å². The summed E-state index contributed by atoms with van der Waals surface area (Å²) < 4.78 is 8.23. The van der Waals surface area contributed by atoms with Crippen molar-refractivity contribution in [2.45, 2.75) is 44.0 Å². The molecule has 1 spiro atoms. The summed E-state index contributed by atoms with van der Waals surface area (Å²) in [5, 5.41) is 4.27. The van der Waals surface area contributed by atoms with Crippen LogP contribution in [0.1, 0.15) is 30.5 Å². The molecule has 2 aliphatic heterocycles. The number of rotatable bonds is 5. The van der Waals surface area contributed by atoms with Gasteiger partial charge in [0.25, 0.3) is 0 Å². The van der Waals surface area contributed by atoms with Crippen LogP contribution in [-0.4, -0.2) is 63.0 Å². The number of nitrogens with zero attached hydrogens (tertiary/aromatic N) is 5. The van der Waals surface area contributed by atoms with Crippen LogP contribution < -0.4 is 0 Å². The van der Waals surface area contributed by atoms with Crippen molar-refractivity contribution >= 4 is 0 Å². The average molecular weight is 355 g/mol. The molecule has 4 rings (SSSR count). The first-order valence-electron chi connectivity index (χ1n) is 9.56. The minimum Gasteiger partial charge on any atom is -0.373 e. The fourth-order valence-electron chi connectivity index (χ4n) is 4.26. The molecule has 2 aromatic rings. The molecule has 0 unspecified atom stereocenters. The summed E-state index contributed by atoms with van der Waals surface area (Å²) in [6, 6.07) is 6.61. The molecule has 4 heterocycles. The summed E-state index contributed by atoms with van der Waals surface area (Å²) in [7, 11) is 4.17. The van der Waals surface area contributed by atoms with Gasteiger partial charge in [0.2, 0.25) is 0 Å². The van der Waals surface area contributed by atoms with Crippen LogP contribution in [-0.2, 0) is 24.9 Å². The van der Waals surface area contributed by atoms with Crippen LogP contribution in [0.25, 0.3) is 0 Å². The molecule has 0 aliphatic carbocycles. The predicted molar refractivity (Wildman–Crippen MR) is 101 cm³/mol. The Labute approximate surface area is 155 Å². The highest BCUT2D eigenvalue weighted by Crippen LogP contribution is 2.37. The molecule has 6 heteroatoms. The second kappa shape index (κ2) is 7.47. The number of piperidine rings is 1. The molecule has 0 bridgehead atoms. The maximum atomic E-state index is 6.35. The van der Waals surface area contributed by atoms with E-state index in [9.17, 15) is 0 Å². The fourth-order valence-corrected chi connectivity index (χ4v) is 4.26. The van der Waals surface area contributed by atoms with Crippen LogP contribution in [0.3, 0.4) is 0 Å². The summed E-state index contributed by atoms with van der Waals surface area (Å²) in [6.45, 7) is 4.92. The largest absolute Gasteiger partial charge is 0.373 e. The van der Waals surface area contributed by atoms with Gasteiger partial charge in [0, 0.05) is 57.2 Å². The Morgan fingerprint density at radius 2 is 2.15 bits per heavy atom. The quantitative estimate of drug-likeness (QED) is 0.822. The summed E-state index contributed by atoms with van der Waals surface area (Å²) in [6.07, 6.45) is 9.34. The molecule has 0 N–H and O–H groups in total. The molecular formula is C20H29N5O. The highest BCUT2D eigenvalue weighted by molar-refractivity contribution is 5.06. The van der Waals surface area contributed by atoms with Crippen LogP contribution in [0.2, 0.25) is 0 Å². The van der Waals surface area contributed by atoms with E-state index < -0.39 is 0 Å².